The van der Waals surface area contributed by atoms with Gasteiger partial charge in [0.15, 0.2) is 6.61 Å². The van der Waals surface area contributed by atoms with Gasteiger partial charge in [0.2, 0.25) is 0 Å². The third-order valence-corrected chi connectivity index (χ3v) is 2.87. The summed E-state index contributed by atoms with van der Waals surface area (Å²) in [5.74, 6) is 0.322. The molecule has 0 heterocycles. The first kappa shape index (κ1) is 15.5. The van der Waals surface area contributed by atoms with E-state index in [-0.39, 0.29) is 18.6 Å². The van der Waals surface area contributed by atoms with Crippen molar-refractivity contribution in [3.05, 3.63) is 29.8 Å². The molecule has 1 aromatic rings. The molecule has 1 aromatic carbocycles. The van der Waals surface area contributed by atoms with Crippen LogP contribution in [-0.4, -0.2) is 19.2 Å². The van der Waals surface area contributed by atoms with Crippen molar-refractivity contribution in [1.82, 2.24) is 0 Å². The molecule has 1 unspecified atom stereocenters. The van der Waals surface area contributed by atoms with E-state index in [9.17, 15) is 4.79 Å². The van der Waals surface area contributed by atoms with Gasteiger partial charge in [0.05, 0.1) is 6.61 Å². The Morgan fingerprint density at radius 2 is 1.95 bits per heavy atom. The number of hydrogen-bond acceptors (Lipinski definition) is 4. The second-order valence-electron chi connectivity index (χ2n) is 4.45. The molecule has 0 aliphatic rings. The normalized spacial score (nSPS) is 11.9. The molecule has 1 atom stereocenters. The molecule has 106 valence electrons. The van der Waals surface area contributed by atoms with E-state index in [1.165, 1.54) is 0 Å². The van der Waals surface area contributed by atoms with E-state index in [1.807, 2.05) is 38.1 Å². The summed E-state index contributed by atoms with van der Waals surface area (Å²) in [6, 6.07) is 7.54. The average Bonchev–Trinajstić information content (AvgIpc) is 2.45. The largest absolute Gasteiger partial charge is 0.482 e. The molecule has 0 amide bonds. The van der Waals surface area contributed by atoms with Gasteiger partial charge < -0.3 is 15.2 Å². The summed E-state index contributed by atoms with van der Waals surface area (Å²) in [7, 11) is 0. The number of unbranched alkanes of at least 4 members (excludes halogenated alkanes) is 1. The number of benzene rings is 1. The molecule has 0 aromatic heterocycles. The van der Waals surface area contributed by atoms with Crippen LogP contribution >= 0.6 is 0 Å². The van der Waals surface area contributed by atoms with E-state index >= 15 is 0 Å². The van der Waals surface area contributed by atoms with Gasteiger partial charge in [-0.15, -0.1) is 0 Å². The Morgan fingerprint density at radius 1 is 1.26 bits per heavy atom. The fourth-order valence-electron chi connectivity index (χ4n) is 1.56. The van der Waals surface area contributed by atoms with Crippen LogP contribution in [-0.2, 0) is 9.53 Å². The third-order valence-electron chi connectivity index (χ3n) is 2.87. The van der Waals surface area contributed by atoms with Crippen molar-refractivity contribution in [2.24, 2.45) is 5.73 Å². The molecular formula is C15H23NO3. The van der Waals surface area contributed by atoms with Crippen molar-refractivity contribution in [1.29, 1.82) is 0 Å². The quantitative estimate of drug-likeness (QED) is 0.580. The van der Waals surface area contributed by atoms with E-state index in [0.29, 0.717) is 12.4 Å². The lowest BCUT2D eigenvalue weighted by atomic mass is 10.1. The Kier molecular flexibility index (Phi) is 6.97. The number of nitrogens with two attached hydrogens (primary N) is 1. The van der Waals surface area contributed by atoms with Gasteiger partial charge in [-0.1, -0.05) is 32.4 Å². The van der Waals surface area contributed by atoms with E-state index in [4.69, 9.17) is 15.2 Å². The van der Waals surface area contributed by atoms with Gasteiger partial charge in [0, 0.05) is 6.04 Å². The predicted octanol–water partition coefficient (Wildman–Crippen LogP) is 2.82. The number of rotatable bonds is 8. The molecule has 0 aliphatic heterocycles. The maximum Gasteiger partial charge on any atom is 0.344 e. The summed E-state index contributed by atoms with van der Waals surface area (Å²) in [5.41, 5.74) is 6.99. The Bertz CT molecular complexity index is 375. The predicted molar refractivity (Wildman–Crippen MR) is 75.0 cm³/mol. The summed E-state index contributed by atoms with van der Waals surface area (Å²) in [5, 5.41) is 0. The molecule has 0 aliphatic carbocycles. The second-order valence-corrected chi connectivity index (χ2v) is 4.45. The first-order valence-electron chi connectivity index (χ1n) is 6.81. The van der Waals surface area contributed by atoms with Crippen LogP contribution in [0.4, 0.5) is 0 Å². The third kappa shape index (κ3) is 5.75. The molecule has 0 bridgehead atoms. The Morgan fingerprint density at radius 3 is 2.53 bits per heavy atom. The molecule has 2 N–H and O–H groups in total. The van der Waals surface area contributed by atoms with Crippen LogP contribution in [0.2, 0.25) is 0 Å². The van der Waals surface area contributed by atoms with Gasteiger partial charge >= 0.3 is 5.97 Å². The Labute approximate surface area is 114 Å². The highest BCUT2D eigenvalue weighted by atomic mass is 16.6. The molecule has 4 heteroatoms. The van der Waals surface area contributed by atoms with E-state index in [2.05, 4.69) is 0 Å². The SMILES string of the molecule is CCCCOC(=O)COc1ccc(C(N)CC)cc1. The number of carbonyl (C=O) groups excluding carboxylic acids is 1. The first-order chi connectivity index (χ1) is 9.17. The summed E-state index contributed by atoms with van der Waals surface area (Å²) < 4.78 is 10.4. The fourth-order valence-corrected chi connectivity index (χ4v) is 1.56. The van der Waals surface area contributed by atoms with Gasteiger partial charge in [-0.2, -0.15) is 0 Å². The van der Waals surface area contributed by atoms with Crippen LogP contribution < -0.4 is 10.5 Å². The van der Waals surface area contributed by atoms with Gasteiger partial charge in [-0.25, -0.2) is 4.79 Å². The maximum absolute atomic E-state index is 11.3. The molecule has 0 fully saturated rings. The highest BCUT2D eigenvalue weighted by molar-refractivity contribution is 5.71. The standard InChI is InChI=1S/C15H23NO3/c1-3-5-10-18-15(17)11-19-13-8-6-12(7-9-13)14(16)4-2/h6-9,14H,3-5,10-11,16H2,1-2H3. The van der Waals surface area contributed by atoms with Crippen LogP contribution in [0.5, 0.6) is 5.75 Å². The molecule has 1 rings (SSSR count). The van der Waals surface area contributed by atoms with Crippen LogP contribution in [0.3, 0.4) is 0 Å². The van der Waals surface area contributed by atoms with Crippen LogP contribution in [0.1, 0.15) is 44.7 Å². The van der Waals surface area contributed by atoms with Gasteiger partial charge in [0.1, 0.15) is 5.75 Å². The van der Waals surface area contributed by atoms with Crippen molar-refractivity contribution >= 4 is 5.97 Å². The Hall–Kier alpha value is -1.55. The number of ether oxygens (including phenoxy) is 2. The number of carbonyl (C=O) groups is 1. The zero-order chi connectivity index (χ0) is 14.1. The number of esters is 1. The zero-order valence-corrected chi connectivity index (χ0v) is 11.7. The van der Waals surface area contributed by atoms with E-state index in [0.717, 1.165) is 24.8 Å². The Balaban J connectivity index is 2.35. The van der Waals surface area contributed by atoms with E-state index in [1.54, 1.807) is 0 Å². The monoisotopic (exact) mass is 265 g/mol. The molecule has 0 saturated heterocycles. The maximum atomic E-state index is 11.3. The minimum atomic E-state index is -0.331. The van der Waals surface area contributed by atoms with Gasteiger partial charge in [-0.3, -0.25) is 0 Å². The average molecular weight is 265 g/mol. The fraction of sp³-hybridized carbons (Fsp3) is 0.533. The first-order valence-corrected chi connectivity index (χ1v) is 6.81. The second kappa shape index (κ2) is 8.53. The molecular weight excluding hydrogens is 242 g/mol. The molecule has 4 nitrogen and oxygen atoms in total. The molecule has 19 heavy (non-hydrogen) atoms. The van der Waals surface area contributed by atoms with E-state index < -0.39 is 0 Å². The molecule has 0 radical (unpaired) electrons. The van der Waals surface area contributed by atoms with Crippen molar-refractivity contribution in [2.45, 2.75) is 39.2 Å². The summed E-state index contributed by atoms with van der Waals surface area (Å²) in [6.07, 6.45) is 2.78. The van der Waals surface area contributed by atoms with Crippen LogP contribution in [0, 0.1) is 0 Å². The lowest BCUT2D eigenvalue weighted by Crippen LogP contribution is -2.15. The van der Waals surface area contributed by atoms with Crippen molar-refractivity contribution in [3.63, 3.8) is 0 Å². The molecule has 0 spiro atoms. The van der Waals surface area contributed by atoms with Gasteiger partial charge in [0.25, 0.3) is 0 Å². The van der Waals surface area contributed by atoms with Crippen LogP contribution in [0.25, 0.3) is 0 Å². The highest BCUT2D eigenvalue weighted by Crippen LogP contribution is 2.18. The van der Waals surface area contributed by atoms with Crippen molar-refractivity contribution in [2.75, 3.05) is 13.2 Å². The van der Waals surface area contributed by atoms with Crippen molar-refractivity contribution in [3.8, 4) is 5.75 Å². The topological polar surface area (TPSA) is 61.5 Å². The lowest BCUT2D eigenvalue weighted by molar-refractivity contribution is -0.146. The highest BCUT2D eigenvalue weighted by Gasteiger charge is 2.06. The summed E-state index contributed by atoms with van der Waals surface area (Å²) in [6.45, 7) is 4.50. The summed E-state index contributed by atoms with van der Waals surface area (Å²) in [4.78, 5) is 11.3. The number of hydrogen-bond donors (Lipinski definition) is 1. The molecule has 0 saturated carbocycles. The van der Waals surface area contributed by atoms with Gasteiger partial charge in [-0.05, 0) is 30.5 Å². The zero-order valence-electron chi connectivity index (χ0n) is 11.7. The van der Waals surface area contributed by atoms with Crippen molar-refractivity contribution < 1.29 is 14.3 Å². The van der Waals surface area contributed by atoms with Crippen LogP contribution in [0.15, 0.2) is 24.3 Å². The summed E-state index contributed by atoms with van der Waals surface area (Å²) >= 11 is 0. The lowest BCUT2D eigenvalue weighted by Gasteiger charge is -2.10. The minimum absolute atomic E-state index is 0.0491. The smallest absolute Gasteiger partial charge is 0.344 e. The minimum Gasteiger partial charge on any atom is -0.482 e.